The van der Waals surface area contributed by atoms with Gasteiger partial charge in [-0.3, -0.25) is 4.79 Å². The lowest BCUT2D eigenvalue weighted by Gasteiger charge is -2.24. The first kappa shape index (κ1) is 24.4. The fourth-order valence-electron chi connectivity index (χ4n) is 5.69. The first-order valence-electron chi connectivity index (χ1n) is 13.1. The molecule has 0 unspecified atom stereocenters. The molecule has 4 nitrogen and oxygen atoms in total. The highest BCUT2D eigenvalue weighted by molar-refractivity contribution is 8.06. The van der Waals surface area contributed by atoms with E-state index in [0.717, 1.165) is 68.7 Å². The standard InChI is InChI=1S/C29H36FN3OS/c1-20-17-24(11-12-25(20)30)26-18-33(29(31-26)23-8-4-3-5-9-23)19-28(34)32-15-13-22-10-6-7-21(2)35-27(22)14-16-32/h7,11-12,17-18,23H,3-6,8-10,13-16,19H2,1-2H3. The van der Waals surface area contributed by atoms with Crippen LogP contribution in [0.25, 0.3) is 11.3 Å². The molecule has 0 bridgehead atoms. The van der Waals surface area contributed by atoms with Gasteiger partial charge in [0, 0.05) is 30.8 Å². The molecule has 1 aromatic heterocycles. The van der Waals surface area contributed by atoms with Gasteiger partial charge in [0.1, 0.15) is 18.2 Å². The van der Waals surface area contributed by atoms with Gasteiger partial charge in [-0.2, -0.15) is 0 Å². The van der Waals surface area contributed by atoms with Crippen LogP contribution in [-0.2, 0) is 11.3 Å². The van der Waals surface area contributed by atoms with Gasteiger partial charge in [-0.05, 0) is 85.9 Å². The lowest BCUT2D eigenvalue weighted by molar-refractivity contribution is -0.131. The Morgan fingerprint density at radius 2 is 1.91 bits per heavy atom. The van der Waals surface area contributed by atoms with Crippen molar-refractivity contribution in [1.82, 2.24) is 14.5 Å². The normalized spacial score (nSPS) is 19.7. The van der Waals surface area contributed by atoms with Gasteiger partial charge in [-0.15, -0.1) is 0 Å². The molecule has 1 saturated carbocycles. The highest BCUT2D eigenvalue weighted by Gasteiger charge is 2.26. The average Bonchev–Trinajstić information content (AvgIpc) is 3.05. The molecule has 1 fully saturated rings. The van der Waals surface area contributed by atoms with E-state index in [9.17, 15) is 9.18 Å². The predicted octanol–water partition coefficient (Wildman–Crippen LogP) is 7.35. The number of carbonyl (C=O) groups excluding carboxylic acids is 1. The summed E-state index contributed by atoms with van der Waals surface area (Å²) >= 11 is 1.91. The maximum absolute atomic E-state index is 13.9. The second-order valence-corrected chi connectivity index (χ2v) is 11.6. The molecular formula is C29H36FN3OS. The van der Waals surface area contributed by atoms with Crippen LogP contribution in [-0.4, -0.2) is 33.4 Å². The quantitative estimate of drug-likeness (QED) is 0.447. The molecule has 0 N–H and O–H groups in total. The molecule has 186 valence electrons. The summed E-state index contributed by atoms with van der Waals surface area (Å²) in [5, 5.41) is 0. The van der Waals surface area contributed by atoms with Crippen molar-refractivity contribution in [3.63, 3.8) is 0 Å². The molecule has 6 heteroatoms. The van der Waals surface area contributed by atoms with Crippen molar-refractivity contribution < 1.29 is 9.18 Å². The molecular weight excluding hydrogens is 457 g/mol. The zero-order chi connectivity index (χ0) is 24.4. The van der Waals surface area contributed by atoms with Crippen LogP contribution >= 0.6 is 11.8 Å². The molecule has 1 amide bonds. The summed E-state index contributed by atoms with van der Waals surface area (Å²) in [7, 11) is 0. The Balaban J connectivity index is 1.35. The Kier molecular flexibility index (Phi) is 7.47. The summed E-state index contributed by atoms with van der Waals surface area (Å²) in [6, 6.07) is 5.16. The fraction of sp³-hybridized carbons (Fsp3) is 0.517. The molecule has 3 heterocycles. The van der Waals surface area contributed by atoms with Gasteiger partial charge >= 0.3 is 0 Å². The van der Waals surface area contributed by atoms with E-state index >= 15 is 0 Å². The number of aryl methyl sites for hydroxylation is 1. The second kappa shape index (κ2) is 10.7. The largest absolute Gasteiger partial charge is 0.340 e. The number of nitrogens with zero attached hydrogens (tertiary/aromatic N) is 3. The summed E-state index contributed by atoms with van der Waals surface area (Å²) in [5.41, 5.74) is 3.91. The van der Waals surface area contributed by atoms with E-state index in [1.165, 1.54) is 40.7 Å². The number of aromatic nitrogens is 2. The monoisotopic (exact) mass is 493 g/mol. The van der Waals surface area contributed by atoms with Gasteiger partial charge in [0.2, 0.25) is 5.91 Å². The lowest BCUT2D eigenvalue weighted by Crippen LogP contribution is -2.35. The van der Waals surface area contributed by atoms with Crippen LogP contribution in [0, 0.1) is 12.7 Å². The number of carbonyl (C=O) groups is 1. The van der Waals surface area contributed by atoms with E-state index in [1.807, 2.05) is 24.0 Å². The highest BCUT2D eigenvalue weighted by atomic mass is 32.2. The first-order valence-corrected chi connectivity index (χ1v) is 14.0. The topological polar surface area (TPSA) is 38.1 Å². The molecule has 0 atom stereocenters. The molecule has 1 aliphatic carbocycles. The van der Waals surface area contributed by atoms with Crippen molar-refractivity contribution in [1.29, 1.82) is 0 Å². The summed E-state index contributed by atoms with van der Waals surface area (Å²) in [4.78, 5) is 23.5. The molecule has 35 heavy (non-hydrogen) atoms. The molecule has 1 aromatic carbocycles. The first-order chi connectivity index (χ1) is 17.0. The van der Waals surface area contributed by atoms with Crippen molar-refractivity contribution in [2.75, 3.05) is 13.1 Å². The van der Waals surface area contributed by atoms with Crippen LogP contribution < -0.4 is 0 Å². The van der Waals surface area contributed by atoms with Gasteiger partial charge in [0.15, 0.2) is 0 Å². The van der Waals surface area contributed by atoms with Gasteiger partial charge in [-0.25, -0.2) is 9.37 Å². The van der Waals surface area contributed by atoms with Crippen molar-refractivity contribution in [3.05, 3.63) is 63.1 Å². The number of thioether (sulfide) groups is 1. The molecule has 5 rings (SSSR count). The van der Waals surface area contributed by atoms with Gasteiger partial charge in [0.05, 0.1) is 5.69 Å². The third-order valence-electron chi connectivity index (χ3n) is 7.74. The van der Waals surface area contributed by atoms with Gasteiger partial charge < -0.3 is 9.47 Å². The van der Waals surface area contributed by atoms with E-state index in [1.54, 1.807) is 13.0 Å². The minimum absolute atomic E-state index is 0.177. The number of hydrogen-bond acceptors (Lipinski definition) is 3. The van der Waals surface area contributed by atoms with Crippen LogP contribution in [0.5, 0.6) is 0 Å². The predicted molar refractivity (Wildman–Crippen MR) is 142 cm³/mol. The number of allylic oxidation sites excluding steroid dienone is 2. The number of amides is 1. The molecule has 2 aromatic rings. The van der Waals surface area contributed by atoms with Crippen LogP contribution in [0.1, 0.15) is 82.0 Å². The fourth-order valence-corrected chi connectivity index (χ4v) is 6.82. The zero-order valence-corrected chi connectivity index (χ0v) is 21.8. The number of rotatable bonds is 4. The number of benzene rings is 1. The highest BCUT2D eigenvalue weighted by Crippen LogP contribution is 2.38. The molecule has 3 aliphatic rings. The molecule has 0 spiro atoms. The van der Waals surface area contributed by atoms with E-state index in [4.69, 9.17) is 4.98 Å². The third kappa shape index (κ3) is 5.58. The average molecular weight is 494 g/mol. The summed E-state index contributed by atoms with van der Waals surface area (Å²) in [6.07, 6.45) is 14.5. The number of hydrogen-bond donors (Lipinski definition) is 0. The van der Waals surface area contributed by atoms with Crippen LogP contribution in [0.3, 0.4) is 0 Å². The van der Waals surface area contributed by atoms with Crippen molar-refractivity contribution in [2.45, 2.75) is 84.1 Å². The summed E-state index contributed by atoms with van der Waals surface area (Å²) < 4.78 is 16.0. The number of imidazole rings is 1. The summed E-state index contributed by atoms with van der Waals surface area (Å²) in [6.45, 7) is 5.90. The number of halogens is 1. The smallest absolute Gasteiger partial charge is 0.242 e. The van der Waals surface area contributed by atoms with Crippen LogP contribution in [0.15, 0.2) is 45.9 Å². The third-order valence-corrected chi connectivity index (χ3v) is 8.97. The molecule has 2 aliphatic heterocycles. The Hall–Kier alpha value is -2.34. The van der Waals surface area contributed by atoms with E-state index in [-0.39, 0.29) is 11.7 Å². The Morgan fingerprint density at radius 1 is 1.11 bits per heavy atom. The minimum Gasteiger partial charge on any atom is -0.340 e. The minimum atomic E-state index is -0.201. The Labute approximate surface area is 212 Å². The van der Waals surface area contributed by atoms with Crippen LogP contribution in [0.2, 0.25) is 0 Å². The van der Waals surface area contributed by atoms with E-state index in [2.05, 4.69) is 22.5 Å². The zero-order valence-electron chi connectivity index (χ0n) is 21.0. The van der Waals surface area contributed by atoms with Crippen molar-refractivity contribution in [2.24, 2.45) is 0 Å². The van der Waals surface area contributed by atoms with E-state index < -0.39 is 0 Å². The maximum atomic E-state index is 13.9. The maximum Gasteiger partial charge on any atom is 0.242 e. The van der Waals surface area contributed by atoms with Crippen molar-refractivity contribution in [3.8, 4) is 11.3 Å². The summed E-state index contributed by atoms with van der Waals surface area (Å²) in [5.74, 6) is 1.39. The van der Waals surface area contributed by atoms with E-state index in [0.29, 0.717) is 18.0 Å². The van der Waals surface area contributed by atoms with Gasteiger partial charge in [0.25, 0.3) is 0 Å². The second-order valence-electron chi connectivity index (χ2n) is 10.3. The van der Waals surface area contributed by atoms with Gasteiger partial charge in [-0.1, -0.05) is 42.7 Å². The lowest BCUT2D eigenvalue weighted by atomic mass is 9.88. The SMILES string of the molecule is CC1=CCCC2=C(CCN(C(=O)Cn3cc(-c4ccc(F)c(C)c4)nc3C3CCCCC3)CC2)S1. The van der Waals surface area contributed by atoms with Crippen LogP contribution in [0.4, 0.5) is 4.39 Å². The Bertz CT molecular complexity index is 1160. The van der Waals surface area contributed by atoms with Crippen molar-refractivity contribution >= 4 is 17.7 Å². The molecule has 0 radical (unpaired) electrons. The Morgan fingerprint density at radius 3 is 2.71 bits per heavy atom. The molecule has 0 saturated heterocycles.